The average molecular weight is 276 g/mol. The first-order valence-corrected chi connectivity index (χ1v) is 6.10. The van der Waals surface area contributed by atoms with Crippen molar-refractivity contribution in [3.63, 3.8) is 0 Å². The zero-order chi connectivity index (χ0) is 14.7. The van der Waals surface area contributed by atoms with Crippen LogP contribution in [0.2, 0.25) is 0 Å². The van der Waals surface area contributed by atoms with Crippen LogP contribution in [0.1, 0.15) is 5.56 Å². The third-order valence-electron chi connectivity index (χ3n) is 2.94. The largest absolute Gasteiger partial charge is 0.495 e. The molecule has 0 atom stereocenters. The molecule has 0 spiro atoms. The highest BCUT2D eigenvalue weighted by atomic mass is 19.1. The lowest BCUT2D eigenvalue weighted by molar-refractivity contribution is 0.415. The molecule has 0 fully saturated rings. The minimum absolute atomic E-state index is 0.256. The quantitative estimate of drug-likeness (QED) is 0.839. The summed E-state index contributed by atoms with van der Waals surface area (Å²) >= 11 is 0. The Kier molecular flexibility index (Phi) is 3.98. The van der Waals surface area contributed by atoms with E-state index in [1.54, 1.807) is 7.11 Å². The van der Waals surface area contributed by atoms with Crippen LogP contribution in [0.3, 0.4) is 0 Å². The predicted octanol–water partition coefficient (Wildman–Crippen LogP) is 3.48. The second-order valence-electron chi connectivity index (χ2n) is 4.40. The molecule has 106 valence electrons. The topological polar surface area (TPSA) is 56.5 Å². The van der Waals surface area contributed by atoms with Gasteiger partial charge in [0.2, 0.25) is 0 Å². The number of methoxy groups -OCH3 is 2. The number of rotatable bonds is 4. The van der Waals surface area contributed by atoms with Gasteiger partial charge < -0.3 is 20.5 Å². The zero-order valence-corrected chi connectivity index (χ0v) is 11.7. The van der Waals surface area contributed by atoms with Crippen molar-refractivity contribution >= 4 is 17.1 Å². The molecule has 20 heavy (non-hydrogen) atoms. The van der Waals surface area contributed by atoms with Crippen LogP contribution in [-0.2, 0) is 0 Å². The van der Waals surface area contributed by atoms with E-state index < -0.39 is 5.82 Å². The van der Waals surface area contributed by atoms with Gasteiger partial charge >= 0.3 is 0 Å². The molecule has 0 saturated heterocycles. The molecule has 0 heterocycles. The van der Waals surface area contributed by atoms with Crippen molar-refractivity contribution in [2.45, 2.75) is 6.92 Å². The van der Waals surface area contributed by atoms with E-state index in [1.807, 2.05) is 25.1 Å². The van der Waals surface area contributed by atoms with Gasteiger partial charge in [0.1, 0.15) is 17.3 Å². The van der Waals surface area contributed by atoms with Crippen molar-refractivity contribution < 1.29 is 13.9 Å². The Bertz CT molecular complexity index is 630. The van der Waals surface area contributed by atoms with Crippen molar-refractivity contribution in [1.29, 1.82) is 0 Å². The van der Waals surface area contributed by atoms with E-state index in [0.717, 1.165) is 5.56 Å². The molecule has 0 unspecified atom stereocenters. The summed E-state index contributed by atoms with van der Waals surface area (Å²) in [6, 6.07) is 8.37. The molecule has 2 rings (SSSR count). The lowest BCUT2D eigenvalue weighted by atomic mass is 10.2. The molecule has 0 aliphatic carbocycles. The number of nitrogens with two attached hydrogens (primary N) is 1. The van der Waals surface area contributed by atoms with Crippen LogP contribution in [0.25, 0.3) is 0 Å². The Hall–Kier alpha value is -2.43. The van der Waals surface area contributed by atoms with E-state index in [4.69, 9.17) is 15.2 Å². The maximum atomic E-state index is 13.9. The van der Waals surface area contributed by atoms with Crippen LogP contribution in [0.15, 0.2) is 30.3 Å². The van der Waals surface area contributed by atoms with Crippen molar-refractivity contribution in [2.75, 3.05) is 25.3 Å². The fraction of sp³-hybridized carbons (Fsp3) is 0.200. The maximum Gasteiger partial charge on any atom is 0.148 e. The molecule has 0 aliphatic heterocycles. The van der Waals surface area contributed by atoms with E-state index in [-0.39, 0.29) is 11.4 Å². The SMILES string of the molecule is COc1cc(Nc2cc(C)ccc2OC)c(F)cc1N. The maximum absolute atomic E-state index is 13.9. The summed E-state index contributed by atoms with van der Waals surface area (Å²) in [5, 5.41) is 3.00. The molecule has 0 amide bonds. The second-order valence-corrected chi connectivity index (χ2v) is 4.40. The molecule has 2 aromatic carbocycles. The zero-order valence-electron chi connectivity index (χ0n) is 11.7. The summed E-state index contributed by atoms with van der Waals surface area (Å²) in [4.78, 5) is 0. The summed E-state index contributed by atoms with van der Waals surface area (Å²) in [5.74, 6) is 0.596. The summed E-state index contributed by atoms with van der Waals surface area (Å²) < 4.78 is 24.3. The first kappa shape index (κ1) is 14.0. The molecule has 2 aromatic rings. The Labute approximate surface area is 117 Å². The third kappa shape index (κ3) is 2.77. The van der Waals surface area contributed by atoms with E-state index >= 15 is 0 Å². The number of benzene rings is 2. The van der Waals surface area contributed by atoms with Gasteiger partial charge in [-0.1, -0.05) is 6.07 Å². The second kappa shape index (κ2) is 5.69. The molecule has 0 bridgehead atoms. The number of anilines is 3. The van der Waals surface area contributed by atoms with Crippen molar-refractivity contribution in [2.24, 2.45) is 0 Å². The number of ether oxygens (including phenoxy) is 2. The summed E-state index contributed by atoms with van der Waals surface area (Å²) in [6.07, 6.45) is 0. The minimum atomic E-state index is -0.452. The van der Waals surface area contributed by atoms with Crippen LogP contribution < -0.4 is 20.5 Å². The first-order valence-electron chi connectivity index (χ1n) is 6.10. The van der Waals surface area contributed by atoms with Gasteiger partial charge in [0, 0.05) is 12.1 Å². The van der Waals surface area contributed by atoms with Crippen molar-refractivity contribution in [3.8, 4) is 11.5 Å². The van der Waals surface area contributed by atoms with Gasteiger partial charge in [-0.25, -0.2) is 4.39 Å². The fourth-order valence-corrected chi connectivity index (χ4v) is 1.91. The van der Waals surface area contributed by atoms with Gasteiger partial charge in [-0.3, -0.25) is 0 Å². The lowest BCUT2D eigenvalue weighted by Gasteiger charge is -2.14. The molecule has 0 aromatic heterocycles. The van der Waals surface area contributed by atoms with Gasteiger partial charge in [0.15, 0.2) is 0 Å². The number of nitrogens with one attached hydrogen (secondary N) is 1. The molecule has 0 radical (unpaired) electrons. The molecule has 0 saturated carbocycles. The Morgan fingerprint density at radius 2 is 1.70 bits per heavy atom. The summed E-state index contributed by atoms with van der Waals surface area (Å²) in [7, 11) is 3.05. The highest BCUT2D eigenvalue weighted by Gasteiger charge is 2.11. The summed E-state index contributed by atoms with van der Waals surface area (Å²) in [6.45, 7) is 1.95. The van der Waals surface area contributed by atoms with Crippen molar-refractivity contribution in [1.82, 2.24) is 0 Å². The Balaban J connectivity index is 2.41. The lowest BCUT2D eigenvalue weighted by Crippen LogP contribution is -2.00. The van der Waals surface area contributed by atoms with Crippen LogP contribution in [0.5, 0.6) is 11.5 Å². The van der Waals surface area contributed by atoms with E-state index in [9.17, 15) is 4.39 Å². The van der Waals surface area contributed by atoms with Crippen LogP contribution >= 0.6 is 0 Å². The Morgan fingerprint density at radius 3 is 2.35 bits per heavy atom. The highest BCUT2D eigenvalue weighted by Crippen LogP contribution is 2.33. The third-order valence-corrected chi connectivity index (χ3v) is 2.94. The highest BCUT2D eigenvalue weighted by molar-refractivity contribution is 5.71. The first-order chi connectivity index (χ1) is 9.55. The fourth-order valence-electron chi connectivity index (χ4n) is 1.91. The normalized spacial score (nSPS) is 10.2. The summed E-state index contributed by atoms with van der Waals surface area (Å²) in [5.41, 5.74) is 7.91. The number of halogens is 1. The number of aryl methyl sites for hydroxylation is 1. The van der Waals surface area contributed by atoms with Gasteiger partial charge in [0.25, 0.3) is 0 Å². The van der Waals surface area contributed by atoms with Gasteiger partial charge in [-0.05, 0) is 24.6 Å². The standard InChI is InChI=1S/C15H17FN2O2/c1-9-4-5-14(19-2)13(6-9)18-12-8-15(20-3)11(17)7-10(12)16/h4-8,18H,17H2,1-3H3. The predicted molar refractivity (Wildman–Crippen MR) is 78.4 cm³/mol. The molecular weight excluding hydrogens is 259 g/mol. The average Bonchev–Trinajstić information content (AvgIpc) is 2.42. The monoisotopic (exact) mass is 276 g/mol. The van der Waals surface area contributed by atoms with Gasteiger partial charge in [0.05, 0.1) is 31.3 Å². The van der Waals surface area contributed by atoms with Crippen LogP contribution in [0.4, 0.5) is 21.5 Å². The van der Waals surface area contributed by atoms with Crippen molar-refractivity contribution in [3.05, 3.63) is 41.7 Å². The van der Waals surface area contributed by atoms with Gasteiger partial charge in [-0.15, -0.1) is 0 Å². The van der Waals surface area contributed by atoms with Crippen LogP contribution in [0, 0.1) is 12.7 Å². The van der Waals surface area contributed by atoms with Crippen LogP contribution in [-0.4, -0.2) is 14.2 Å². The van der Waals surface area contributed by atoms with E-state index in [0.29, 0.717) is 17.2 Å². The Morgan fingerprint density at radius 1 is 1.00 bits per heavy atom. The molecule has 3 N–H and O–H groups in total. The number of hydrogen-bond donors (Lipinski definition) is 2. The number of hydrogen-bond acceptors (Lipinski definition) is 4. The molecule has 4 nitrogen and oxygen atoms in total. The molecule has 0 aliphatic rings. The van der Waals surface area contributed by atoms with Gasteiger partial charge in [-0.2, -0.15) is 0 Å². The van der Waals surface area contributed by atoms with E-state index in [2.05, 4.69) is 5.32 Å². The molecular formula is C15H17FN2O2. The van der Waals surface area contributed by atoms with E-state index in [1.165, 1.54) is 19.2 Å². The molecule has 5 heteroatoms. The minimum Gasteiger partial charge on any atom is -0.495 e. The number of nitrogen functional groups attached to an aromatic ring is 1. The smallest absolute Gasteiger partial charge is 0.148 e.